The third-order valence-corrected chi connectivity index (χ3v) is 1.90. The Hall–Kier alpha value is -1.68. The van der Waals surface area contributed by atoms with Gasteiger partial charge < -0.3 is 10.8 Å². The molecule has 0 aliphatic heterocycles. The second-order valence-electron chi connectivity index (χ2n) is 2.74. The van der Waals surface area contributed by atoms with Crippen molar-refractivity contribution in [2.75, 3.05) is 5.73 Å². The Kier molecular flexibility index (Phi) is 1.83. The monoisotopic (exact) mass is 175 g/mol. The van der Waals surface area contributed by atoms with Crippen molar-refractivity contribution in [3.05, 3.63) is 30.0 Å². The molecule has 3 N–H and O–H groups in total. The smallest absolute Gasteiger partial charge is 0.220 e. The number of aromatic nitrogens is 2. The van der Waals surface area contributed by atoms with Gasteiger partial charge in [-0.05, 0) is 11.6 Å². The molecule has 0 spiro atoms. The molecule has 2 rings (SSSR count). The topological polar surface area (TPSA) is 72.0 Å². The third kappa shape index (κ3) is 1.31. The second-order valence-corrected chi connectivity index (χ2v) is 2.74. The lowest BCUT2D eigenvalue weighted by atomic mass is 10.1. The van der Waals surface area contributed by atoms with Crippen LogP contribution in [0.1, 0.15) is 5.56 Å². The first-order chi connectivity index (χ1) is 6.31. The van der Waals surface area contributed by atoms with Crippen molar-refractivity contribution in [1.29, 1.82) is 0 Å². The number of rotatable bonds is 1. The van der Waals surface area contributed by atoms with E-state index in [1.54, 1.807) is 6.20 Å². The number of anilines is 1. The van der Waals surface area contributed by atoms with E-state index < -0.39 is 0 Å². The molecule has 0 fully saturated rings. The highest BCUT2D eigenvalue weighted by molar-refractivity contribution is 5.81. The molecular weight excluding hydrogens is 166 g/mol. The molecule has 0 unspecified atom stereocenters. The van der Waals surface area contributed by atoms with Crippen LogP contribution >= 0.6 is 0 Å². The molecular formula is C9H9N3O. The van der Waals surface area contributed by atoms with Crippen LogP contribution < -0.4 is 5.73 Å². The molecule has 4 heteroatoms. The summed E-state index contributed by atoms with van der Waals surface area (Å²) in [6.07, 6.45) is 1.63. The molecule has 13 heavy (non-hydrogen) atoms. The van der Waals surface area contributed by atoms with Crippen molar-refractivity contribution in [2.24, 2.45) is 0 Å². The zero-order valence-electron chi connectivity index (χ0n) is 6.94. The van der Waals surface area contributed by atoms with Crippen LogP contribution in [0.25, 0.3) is 10.9 Å². The van der Waals surface area contributed by atoms with Gasteiger partial charge in [0.1, 0.15) is 0 Å². The number of nitrogen functional groups attached to an aromatic ring is 1. The van der Waals surface area contributed by atoms with E-state index in [-0.39, 0.29) is 12.6 Å². The number of aliphatic hydroxyl groups is 1. The number of hydrogen-bond acceptors (Lipinski definition) is 4. The number of aliphatic hydroxyl groups excluding tert-OH is 1. The van der Waals surface area contributed by atoms with Crippen LogP contribution in [-0.4, -0.2) is 15.1 Å². The van der Waals surface area contributed by atoms with Crippen molar-refractivity contribution in [2.45, 2.75) is 6.61 Å². The van der Waals surface area contributed by atoms with Crippen molar-refractivity contribution < 1.29 is 5.11 Å². The fraction of sp³-hybridized carbons (Fsp3) is 0.111. The molecule has 0 aliphatic carbocycles. The van der Waals surface area contributed by atoms with Gasteiger partial charge in [-0.15, -0.1) is 0 Å². The van der Waals surface area contributed by atoms with Crippen molar-refractivity contribution in [3.63, 3.8) is 0 Å². The summed E-state index contributed by atoms with van der Waals surface area (Å²) in [4.78, 5) is 7.91. The molecule has 0 radical (unpaired) electrons. The van der Waals surface area contributed by atoms with Crippen LogP contribution in [0.3, 0.4) is 0 Å². The van der Waals surface area contributed by atoms with Gasteiger partial charge in [0.2, 0.25) is 5.95 Å². The summed E-state index contributed by atoms with van der Waals surface area (Å²) in [7, 11) is 0. The summed E-state index contributed by atoms with van der Waals surface area (Å²) in [6, 6.07) is 5.51. The van der Waals surface area contributed by atoms with Crippen LogP contribution in [0.5, 0.6) is 0 Å². The maximum Gasteiger partial charge on any atom is 0.220 e. The minimum Gasteiger partial charge on any atom is -0.392 e. The van der Waals surface area contributed by atoms with Gasteiger partial charge in [0.25, 0.3) is 0 Å². The van der Waals surface area contributed by atoms with Gasteiger partial charge in [-0.25, -0.2) is 9.97 Å². The SMILES string of the molecule is Nc1ncc2c(CO)cccc2n1. The number of hydrogen-bond donors (Lipinski definition) is 2. The normalized spacial score (nSPS) is 10.5. The zero-order valence-corrected chi connectivity index (χ0v) is 6.94. The Labute approximate surface area is 75.1 Å². The Balaban J connectivity index is 2.77. The fourth-order valence-electron chi connectivity index (χ4n) is 1.27. The molecule has 0 bridgehead atoms. The molecule has 0 saturated heterocycles. The van der Waals surface area contributed by atoms with Gasteiger partial charge >= 0.3 is 0 Å². The number of fused-ring (bicyclic) bond motifs is 1. The van der Waals surface area contributed by atoms with Crippen LogP contribution in [0, 0.1) is 0 Å². The largest absolute Gasteiger partial charge is 0.392 e. The summed E-state index contributed by atoms with van der Waals surface area (Å²) >= 11 is 0. The van der Waals surface area contributed by atoms with Gasteiger partial charge in [-0.1, -0.05) is 12.1 Å². The predicted molar refractivity (Wildman–Crippen MR) is 49.9 cm³/mol. The Bertz CT molecular complexity index is 442. The Morgan fingerprint density at radius 3 is 3.00 bits per heavy atom. The van der Waals surface area contributed by atoms with E-state index in [0.29, 0.717) is 0 Å². The van der Waals surface area contributed by atoms with Gasteiger partial charge in [-0.2, -0.15) is 0 Å². The van der Waals surface area contributed by atoms with E-state index in [0.717, 1.165) is 16.5 Å². The molecule has 4 nitrogen and oxygen atoms in total. The molecule has 66 valence electrons. The quantitative estimate of drug-likeness (QED) is 0.669. The van der Waals surface area contributed by atoms with Gasteiger partial charge in [-0.3, -0.25) is 0 Å². The summed E-state index contributed by atoms with van der Waals surface area (Å²) in [6.45, 7) is -0.00931. The van der Waals surface area contributed by atoms with Crippen LogP contribution in [0.15, 0.2) is 24.4 Å². The lowest BCUT2D eigenvalue weighted by Gasteiger charge is -2.01. The van der Waals surface area contributed by atoms with E-state index in [1.807, 2.05) is 18.2 Å². The van der Waals surface area contributed by atoms with E-state index >= 15 is 0 Å². The summed E-state index contributed by atoms with van der Waals surface area (Å²) in [5.74, 6) is 0.252. The molecule has 0 saturated carbocycles. The first-order valence-electron chi connectivity index (χ1n) is 3.92. The first kappa shape index (κ1) is 7.94. The molecule has 1 aromatic heterocycles. The fourth-order valence-corrected chi connectivity index (χ4v) is 1.27. The van der Waals surface area contributed by atoms with E-state index in [2.05, 4.69) is 9.97 Å². The van der Waals surface area contributed by atoms with Gasteiger partial charge in [0, 0.05) is 11.6 Å². The van der Waals surface area contributed by atoms with Crippen molar-refractivity contribution in [3.8, 4) is 0 Å². The highest BCUT2D eigenvalue weighted by Gasteiger charge is 2.00. The Morgan fingerprint density at radius 1 is 1.38 bits per heavy atom. The zero-order chi connectivity index (χ0) is 9.26. The average molecular weight is 175 g/mol. The van der Waals surface area contributed by atoms with Crippen molar-refractivity contribution >= 4 is 16.9 Å². The van der Waals surface area contributed by atoms with E-state index in [9.17, 15) is 0 Å². The van der Waals surface area contributed by atoms with E-state index in [4.69, 9.17) is 10.8 Å². The third-order valence-electron chi connectivity index (χ3n) is 1.90. The molecule has 0 amide bonds. The van der Waals surface area contributed by atoms with Crippen LogP contribution in [0.4, 0.5) is 5.95 Å². The lowest BCUT2D eigenvalue weighted by Crippen LogP contribution is -1.95. The summed E-state index contributed by atoms with van der Waals surface area (Å²) < 4.78 is 0. The van der Waals surface area contributed by atoms with Crippen LogP contribution in [0.2, 0.25) is 0 Å². The summed E-state index contributed by atoms with van der Waals surface area (Å²) in [5.41, 5.74) is 7.01. The van der Waals surface area contributed by atoms with E-state index in [1.165, 1.54) is 0 Å². The van der Waals surface area contributed by atoms with Crippen LogP contribution in [-0.2, 0) is 6.61 Å². The standard InChI is InChI=1S/C9H9N3O/c10-9-11-4-7-6(5-13)2-1-3-8(7)12-9/h1-4,13H,5H2,(H2,10,11,12). The van der Waals surface area contributed by atoms with Gasteiger partial charge in [0.05, 0.1) is 12.1 Å². The molecule has 0 aliphatic rings. The number of benzene rings is 1. The maximum atomic E-state index is 9.02. The van der Waals surface area contributed by atoms with Crippen molar-refractivity contribution in [1.82, 2.24) is 9.97 Å². The summed E-state index contributed by atoms with van der Waals surface area (Å²) in [5, 5.41) is 9.86. The Morgan fingerprint density at radius 2 is 2.23 bits per heavy atom. The first-order valence-corrected chi connectivity index (χ1v) is 3.92. The molecule has 1 aromatic carbocycles. The predicted octanol–water partition coefficient (Wildman–Crippen LogP) is 0.704. The lowest BCUT2D eigenvalue weighted by molar-refractivity contribution is 0.283. The maximum absolute atomic E-state index is 9.02. The number of nitrogens with zero attached hydrogens (tertiary/aromatic N) is 2. The number of nitrogens with two attached hydrogens (primary N) is 1. The molecule has 0 atom stereocenters. The minimum atomic E-state index is -0.00931. The minimum absolute atomic E-state index is 0.00931. The molecule has 1 heterocycles. The van der Waals surface area contributed by atoms with Gasteiger partial charge in [0.15, 0.2) is 0 Å². The second kappa shape index (κ2) is 2.99. The average Bonchev–Trinajstić information content (AvgIpc) is 2.16. The molecule has 2 aromatic rings. The highest BCUT2D eigenvalue weighted by Crippen LogP contribution is 2.16. The highest BCUT2D eigenvalue weighted by atomic mass is 16.3.